The summed E-state index contributed by atoms with van der Waals surface area (Å²) in [6, 6.07) is 30.9. The Morgan fingerprint density at radius 1 is 0.881 bits per heavy atom. The van der Waals surface area contributed by atoms with E-state index < -0.39 is 17.6 Å². The van der Waals surface area contributed by atoms with Crippen LogP contribution in [0.25, 0.3) is 0 Å². The largest absolute Gasteiger partial charge is 0.494 e. The van der Waals surface area contributed by atoms with Crippen molar-refractivity contribution in [1.82, 2.24) is 4.90 Å². The number of carbonyl (C=O) groups excluding carboxylic acids is 1. The number of carbonyl (C=O) groups is 1. The summed E-state index contributed by atoms with van der Waals surface area (Å²) in [6.45, 7) is 1.61. The lowest BCUT2D eigenvalue weighted by atomic mass is 9.90. The highest BCUT2D eigenvalue weighted by Crippen LogP contribution is 2.37. The zero-order chi connectivity index (χ0) is 30.0. The molecule has 9 heteroatoms. The van der Waals surface area contributed by atoms with Gasteiger partial charge in [0, 0.05) is 30.7 Å². The van der Waals surface area contributed by atoms with E-state index in [1.54, 1.807) is 30.3 Å². The van der Waals surface area contributed by atoms with Crippen LogP contribution in [0.4, 0.5) is 13.2 Å². The highest BCUT2D eigenvalue weighted by Gasteiger charge is 2.34. The second-order valence-electron chi connectivity index (χ2n) is 9.90. The minimum Gasteiger partial charge on any atom is -0.494 e. The lowest BCUT2D eigenvalue weighted by molar-refractivity contribution is -0.137. The van der Waals surface area contributed by atoms with E-state index in [4.69, 9.17) is 16.3 Å². The number of halogens is 4. The molecule has 0 atom stereocenters. The van der Waals surface area contributed by atoms with Gasteiger partial charge in [-0.2, -0.15) is 13.2 Å². The number of alkyl halides is 3. The molecule has 1 amide bonds. The summed E-state index contributed by atoms with van der Waals surface area (Å²) >= 11 is 6.29. The van der Waals surface area contributed by atoms with Crippen LogP contribution in [0.5, 0.6) is 5.75 Å². The Morgan fingerprint density at radius 2 is 1.52 bits per heavy atom. The summed E-state index contributed by atoms with van der Waals surface area (Å²) in [6.07, 6.45) is -4.08. The van der Waals surface area contributed by atoms with Crippen LogP contribution in [-0.2, 0) is 23.9 Å². The van der Waals surface area contributed by atoms with Gasteiger partial charge < -0.3 is 4.74 Å². The van der Waals surface area contributed by atoms with Gasteiger partial charge in [0.15, 0.2) is 0 Å². The number of hydrogen-bond acceptors (Lipinski definition) is 4. The van der Waals surface area contributed by atoms with Crippen molar-refractivity contribution < 1.29 is 22.7 Å². The molecule has 0 saturated heterocycles. The second-order valence-corrected chi connectivity index (χ2v) is 10.3. The molecule has 0 unspecified atom stereocenters. The van der Waals surface area contributed by atoms with Crippen molar-refractivity contribution in [3.8, 4) is 5.75 Å². The smallest absolute Gasteiger partial charge is 0.417 e. The molecule has 0 radical (unpaired) electrons. The maximum Gasteiger partial charge on any atom is 0.417 e. The van der Waals surface area contributed by atoms with Crippen LogP contribution in [0.15, 0.2) is 108 Å². The number of rotatable bonds is 13. The Morgan fingerprint density at radius 3 is 2.14 bits per heavy atom. The molecule has 0 aromatic heterocycles. The fraction of sp³-hybridized carbons (Fsp3) is 0.242. The third kappa shape index (κ3) is 8.74. The third-order valence-corrected chi connectivity index (χ3v) is 7.31. The standard InChI is InChI=1S/C33H30ClF3N2O3/c34-32-27(15-8-17-30(32)33(35,36)37)22-39(18-9-19-42-28-16-7-10-24(20-28)21-31(40)38-41)23-29(25-11-3-1-4-12-25)26-13-5-2-6-14-26/h1-8,10-17,20,29H,9,18-19,21-23H2. The first-order valence-electron chi connectivity index (χ1n) is 13.5. The van der Waals surface area contributed by atoms with Gasteiger partial charge in [0.2, 0.25) is 0 Å². The fourth-order valence-electron chi connectivity index (χ4n) is 4.86. The second kappa shape index (κ2) is 14.8. The van der Waals surface area contributed by atoms with Gasteiger partial charge in [0.25, 0.3) is 5.91 Å². The van der Waals surface area contributed by atoms with E-state index in [1.807, 2.05) is 60.7 Å². The molecule has 218 valence electrons. The first-order valence-corrected chi connectivity index (χ1v) is 13.9. The quantitative estimate of drug-likeness (QED) is 0.115. The Bertz CT molecular complexity index is 1430. The average molecular weight is 595 g/mol. The number of amides is 1. The van der Waals surface area contributed by atoms with E-state index in [0.29, 0.717) is 43.0 Å². The third-order valence-electron chi connectivity index (χ3n) is 6.87. The maximum atomic E-state index is 13.6. The molecule has 0 heterocycles. The molecule has 4 rings (SSSR count). The molecule has 0 fully saturated rings. The van der Waals surface area contributed by atoms with Gasteiger partial charge in [-0.3, -0.25) is 9.69 Å². The summed E-state index contributed by atoms with van der Waals surface area (Å²) < 4.78 is 46.7. The molecule has 42 heavy (non-hydrogen) atoms. The number of benzene rings is 4. The Balaban J connectivity index is 1.53. The molecule has 0 N–H and O–H groups in total. The molecule has 4 aromatic carbocycles. The Hall–Kier alpha value is -4.01. The van der Waals surface area contributed by atoms with Gasteiger partial charge in [-0.15, -0.1) is 4.91 Å². The molecule has 0 bridgehead atoms. The lowest BCUT2D eigenvalue weighted by Crippen LogP contribution is -2.31. The number of nitroso groups, excluding NO2 is 1. The van der Waals surface area contributed by atoms with Crippen molar-refractivity contribution in [2.24, 2.45) is 5.18 Å². The van der Waals surface area contributed by atoms with Crippen LogP contribution >= 0.6 is 11.6 Å². The monoisotopic (exact) mass is 594 g/mol. The minimum absolute atomic E-state index is 0.0291. The van der Waals surface area contributed by atoms with E-state index in [1.165, 1.54) is 6.07 Å². The summed E-state index contributed by atoms with van der Waals surface area (Å²) in [7, 11) is 0. The zero-order valence-corrected chi connectivity index (χ0v) is 23.5. The summed E-state index contributed by atoms with van der Waals surface area (Å²) in [4.78, 5) is 23.9. The van der Waals surface area contributed by atoms with E-state index in [2.05, 4.69) is 10.1 Å². The molecule has 0 spiro atoms. The summed E-state index contributed by atoms with van der Waals surface area (Å²) in [5.41, 5.74) is 2.35. The predicted molar refractivity (Wildman–Crippen MR) is 158 cm³/mol. The van der Waals surface area contributed by atoms with Crippen molar-refractivity contribution in [2.75, 3.05) is 19.7 Å². The number of hydrogen-bond donors (Lipinski definition) is 0. The van der Waals surface area contributed by atoms with Gasteiger partial charge in [-0.25, -0.2) is 0 Å². The first-order chi connectivity index (χ1) is 20.2. The maximum absolute atomic E-state index is 13.6. The van der Waals surface area contributed by atoms with Gasteiger partial charge >= 0.3 is 6.18 Å². The van der Waals surface area contributed by atoms with Crippen LogP contribution in [0.2, 0.25) is 5.02 Å². The van der Waals surface area contributed by atoms with Crippen molar-refractivity contribution in [3.63, 3.8) is 0 Å². The van der Waals surface area contributed by atoms with Crippen LogP contribution < -0.4 is 4.74 Å². The fourth-order valence-corrected chi connectivity index (χ4v) is 5.15. The Kier molecular flexibility index (Phi) is 10.9. The summed E-state index contributed by atoms with van der Waals surface area (Å²) in [5.74, 6) is -0.244. The molecule has 0 aliphatic rings. The zero-order valence-electron chi connectivity index (χ0n) is 22.8. The van der Waals surface area contributed by atoms with Crippen molar-refractivity contribution in [2.45, 2.75) is 31.5 Å². The average Bonchev–Trinajstić information content (AvgIpc) is 2.99. The van der Waals surface area contributed by atoms with Crippen LogP contribution in [0, 0.1) is 4.91 Å². The topological polar surface area (TPSA) is 59.0 Å². The molecule has 0 aliphatic heterocycles. The number of nitrogens with zero attached hydrogens (tertiary/aromatic N) is 2. The molecular weight excluding hydrogens is 565 g/mol. The van der Waals surface area contributed by atoms with E-state index >= 15 is 0 Å². The van der Waals surface area contributed by atoms with Crippen LogP contribution in [0.1, 0.15) is 40.2 Å². The Labute approximate surface area is 247 Å². The number of ether oxygens (including phenoxy) is 1. The van der Waals surface area contributed by atoms with Crippen LogP contribution in [-0.4, -0.2) is 30.5 Å². The SMILES string of the molecule is O=NC(=O)Cc1cccc(OCCCN(Cc2cccc(C(F)(F)F)c2Cl)CC(c2ccccc2)c2ccccc2)c1. The lowest BCUT2D eigenvalue weighted by Gasteiger charge is -2.29. The highest BCUT2D eigenvalue weighted by molar-refractivity contribution is 6.32. The van der Waals surface area contributed by atoms with Gasteiger partial charge in [-0.1, -0.05) is 96.5 Å². The van der Waals surface area contributed by atoms with Crippen molar-refractivity contribution in [3.05, 3.63) is 141 Å². The summed E-state index contributed by atoms with van der Waals surface area (Å²) in [5, 5.41) is 2.13. The molecular formula is C33H30ClF3N2O3. The first kappa shape index (κ1) is 30.9. The van der Waals surface area contributed by atoms with E-state index in [-0.39, 0.29) is 23.9 Å². The van der Waals surface area contributed by atoms with Crippen molar-refractivity contribution in [1.29, 1.82) is 0 Å². The minimum atomic E-state index is -4.55. The molecule has 0 saturated carbocycles. The predicted octanol–water partition coefficient (Wildman–Crippen LogP) is 8.30. The van der Waals surface area contributed by atoms with Gasteiger partial charge in [0.1, 0.15) is 5.75 Å². The van der Waals surface area contributed by atoms with Gasteiger partial charge in [0.05, 0.1) is 23.6 Å². The van der Waals surface area contributed by atoms with Gasteiger partial charge in [-0.05, 0) is 46.9 Å². The molecule has 4 aromatic rings. The van der Waals surface area contributed by atoms with E-state index in [0.717, 1.165) is 17.2 Å². The van der Waals surface area contributed by atoms with E-state index in [9.17, 15) is 22.9 Å². The normalized spacial score (nSPS) is 11.6. The molecule has 5 nitrogen and oxygen atoms in total. The molecule has 0 aliphatic carbocycles. The highest BCUT2D eigenvalue weighted by atomic mass is 35.5. The van der Waals surface area contributed by atoms with Crippen LogP contribution in [0.3, 0.4) is 0 Å². The van der Waals surface area contributed by atoms with Crippen molar-refractivity contribution >= 4 is 17.5 Å².